The van der Waals surface area contributed by atoms with E-state index in [0.29, 0.717) is 6.54 Å². The van der Waals surface area contributed by atoms with Crippen molar-refractivity contribution in [2.24, 2.45) is 5.73 Å². The predicted molar refractivity (Wildman–Crippen MR) is 72.2 cm³/mol. The summed E-state index contributed by atoms with van der Waals surface area (Å²) in [4.78, 5) is 10.1. The Labute approximate surface area is 106 Å². The summed E-state index contributed by atoms with van der Waals surface area (Å²) in [5, 5.41) is 1.09. The van der Waals surface area contributed by atoms with E-state index in [4.69, 9.17) is 10.7 Å². The summed E-state index contributed by atoms with van der Waals surface area (Å²) < 4.78 is 0. The van der Waals surface area contributed by atoms with Gasteiger partial charge in [-0.15, -0.1) is 11.3 Å². The highest BCUT2D eigenvalue weighted by Gasteiger charge is 2.24. The second-order valence-electron chi connectivity index (χ2n) is 4.75. The summed E-state index contributed by atoms with van der Waals surface area (Å²) in [6.45, 7) is 6.94. The molecule has 2 aromatic rings. The number of thiazole rings is 1. The van der Waals surface area contributed by atoms with E-state index in [9.17, 15) is 0 Å². The quantitative estimate of drug-likeness (QED) is 0.907. The van der Waals surface area contributed by atoms with Gasteiger partial charge in [0.15, 0.2) is 0 Å². The molecule has 0 aliphatic carbocycles. The number of aryl methyl sites for hydroxylation is 1. The normalized spacial score (nSPS) is 11.8. The molecule has 0 aromatic carbocycles. The van der Waals surface area contributed by atoms with Crippen LogP contribution in [0, 0.1) is 6.92 Å². The van der Waals surface area contributed by atoms with Crippen LogP contribution in [-0.2, 0) is 5.41 Å². The van der Waals surface area contributed by atoms with E-state index in [-0.39, 0.29) is 5.41 Å². The molecular weight excluding hydrogens is 230 g/mol. The lowest BCUT2D eigenvalue weighted by atomic mass is 9.95. The van der Waals surface area contributed by atoms with E-state index in [0.717, 1.165) is 16.3 Å². The second kappa shape index (κ2) is 4.55. The first-order chi connectivity index (χ1) is 8.04. The van der Waals surface area contributed by atoms with Crippen molar-refractivity contribution in [1.29, 1.82) is 0 Å². The summed E-state index contributed by atoms with van der Waals surface area (Å²) in [5.41, 5.74) is 7.83. The number of pyridine rings is 1. The Morgan fingerprint density at radius 3 is 2.76 bits per heavy atom. The molecule has 0 unspecified atom stereocenters. The number of nitrogens with two attached hydrogens (primary N) is 1. The minimum Gasteiger partial charge on any atom is -0.330 e. The van der Waals surface area contributed by atoms with Crippen molar-refractivity contribution >= 4 is 11.3 Å². The molecule has 3 nitrogen and oxygen atoms in total. The molecule has 2 N–H and O–H groups in total. The molecule has 4 heteroatoms. The Morgan fingerprint density at radius 1 is 1.41 bits per heavy atom. The van der Waals surface area contributed by atoms with Crippen molar-refractivity contribution in [1.82, 2.24) is 9.97 Å². The maximum absolute atomic E-state index is 5.79. The standard InChI is InChI=1S/C13H17N3S/c1-9-11(10-5-4-6-15-7-10)16-12(17-9)13(2,3)8-14/h4-7H,8,14H2,1-3H3. The third-order valence-corrected chi connectivity index (χ3v) is 4.16. The highest BCUT2D eigenvalue weighted by Crippen LogP contribution is 2.33. The molecule has 0 atom stereocenters. The SMILES string of the molecule is Cc1sc(C(C)(C)CN)nc1-c1cccnc1. The second-order valence-corrected chi connectivity index (χ2v) is 5.96. The zero-order chi connectivity index (χ0) is 12.5. The van der Waals surface area contributed by atoms with Crippen LogP contribution in [0.2, 0.25) is 0 Å². The van der Waals surface area contributed by atoms with E-state index in [1.54, 1.807) is 17.5 Å². The van der Waals surface area contributed by atoms with Gasteiger partial charge in [-0.1, -0.05) is 13.8 Å². The Bertz CT molecular complexity index is 503. The van der Waals surface area contributed by atoms with Crippen molar-refractivity contribution in [3.63, 3.8) is 0 Å². The van der Waals surface area contributed by atoms with Crippen LogP contribution in [0.25, 0.3) is 11.3 Å². The fraction of sp³-hybridized carbons (Fsp3) is 0.385. The molecule has 0 fully saturated rings. The number of nitrogens with zero attached hydrogens (tertiary/aromatic N) is 2. The summed E-state index contributed by atoms with van der Waals surface area (Å²) >= 11 is 1.72. The van der Waals surface area contributed by atoms with Gasteiger partial charge in [0.2, 0.25) is 0 Å². The summed E-state index contributed by atoms with van der Waals surface area (Å²) in [6.07, 6.45) is 3.62. The molecule has 2 heterocycles. The van der Waals surface area contributed by atoms with E-state index in [2.05, 4.69) is 25.8 Å². The van der Waals surface area contributed by atoms with Crippen molar-refractivity contribution in [2.45, 2.75) is 26.2 Å². The highest BCUT2D eigenvalue weighted by atomic mass is 32.1. The van der Waals surface area contributed by atoms with Gasteiger partial charge in [-0.3, -0.25) is 4.98 Å². The van der Waals surface area contributed by atoms with Crippen LogP contribution in [0.1, 0.15) is 23.7 Å². The van der Waals surface area contributed by atoms with Gasteiger partial charge in [0, 0.05) is 34.8 Å². The summed E-state index contributed by atoms with van der Waals surface area (Å²) in [5.74, 6) is 0. The predicted octanol–water partition coefficient (Wildman–Crippen LogP) is 2.75. The fourth-order valence-corrected chi connectivity index (χ4v) is 2.59. The van der Waals surface area contributed by atoms with Gasteiger partial charge in [-0.2, -0.15) is 0 Å². The maximum Gasteiger partial charge on any atom is 0.100 e. The molecular formula is C13H17N3S. The molecule has 0 bridgehead atoms. The van der Waals surface area contributed by atoms with Crippen LogP contribution < -0.4 is 5.73 Å². The van der Waals surface area contributed by atoms with E-state index < -0.39 is 0 Å². The first kappa shape index (κ1) is 12.2. The number of aromatic nitrogens is 2. The maximum atomic E-state index is 5.79. The molecule has 17 heavy (non-hydrogen) atoms. The molecule has 0 saturated carbocycles. The molecule has 0 amide bonds. The largest absolute Gasteiger partial charge is 0.330 e. The van der Waals surface area contributed by atoms with Crippen molar-refractivity contribution < 1.29 is 0 Å². The number of hydrogen-bond acceptors (Lipinski definition) is 4. The van der Waals surface area contributed by atoms with E-state index >= 15 is 0 Å². The van der Waals surface area contributed by atoms with Crippen molar-refractivity contribution in [2.75, 3.05) is 6.54 Å². The van der Waals surface area contributed by atoms with E-state index in [1.165, 1.54) is 4.88 Å². The lowest BCUT2D eigenvalue weighted by Crippen LogP contribution is -2.27. The van der Waals surface area contributed by atoms with Gasteiger partial charge in [0.05, 0.1) is 5.69 Å². The average Bonchev–Trinajstić information content (AvgIpc) is 2.73. The Balaban J connectivity index is 2.45. The zero-order valence-corrected chi connectivity index (χ0v) is 11.2. The van der Waals surface area contributed by atoms with Gasteiger partial charge >= 0.3 is 0 Å². The molecule has 0 saturated heterocycles. The van der Waals surface area contributed by atoms with Gasteiger partial charge in [0.25, 0.3) is 0 Å². The molecule has 0 spiro atoms. The molecule has 0 aliphatic rings. The monoisotopic (exact) mass is 247 g/mol. The lowest BCUT2D eigenvalue weighted by molar-refractivity contribution is 0.536. The van der Waals surface area contributed by atoms with Gasteiger partial charge in [0.1, 0.15) is 5.01 Å². The highest BCUT2D eigenvalue weighted by molar-refractivity contribution is 7.12. The van der Waals surface area contributed by atoms with Crippen molar-refractivity contribution in [3.05, 3.63) is 34.4 Å². The van der Waals surface area contributed by atoms with E-state index in [1.807, 2.05) is 18.3 Å². The van der Waals surface area contributed by atoms with Crippen LogP contribution in [0.4, 0.5) is 0 Å². The average molecular weight is 247 g/mol. The zero-order valence-electron chi connectivity index (χ0n) is 10.4. The number of rotatable bonds is 3. The van der Waals surface area contributed by atoms with Crippen LogP contribution in [0.5, 0.6) is 0 Å². The Kier molecular flexibility index (Phi) is 3.26. The third kappa shape index (κ3) is 2.37. The molecule has 0 aliphatic heterocycles. The summed E-state index contributed by atoms with van der Waals surface area (Å²) in [7, 11) is 0. The molecule has 90 valence electrons. The van der Waals surface area contributed by atoms with Crippen LogP contribution in [-0.4, -0.2) is 16.5 Å². The molecule has 2 rings (SSSR count). The molecule has 2 aromatic heterocycles. The van der Waals surface area contributed by atoms with Gasteiger partial charge in [-0.25, -0.2) is 4.98 Å². The van der Waals surface area contributed by atoms with Crippen LogP contribution >= 0.6 is 11.3 Å². The Hall–Kier alpha value is -1.26. The first-order valence-electron chi connectivity index (χ1n) is 5.63. The topological polar surface area (TPSA) is 51.8 Å². The minimum absolute atomic E-state index is 0.0596. The first-order valence-corrected chi connectivity index (χ1v) is 6.44. The minimum atomic E-state index is -0.0596. The van der Waals surface area contributed by atoms with Gasteiger partial charge in [-0.05, 0) is 19.1 Å². The summed E-state index contributed by atoms with van der Waals surface area (Å²) in [6, 6.07) is 3.97. The fourth-order valence-electron chi connectivity index (χ4n) is 1.54. The van der Waals surface area contributed by atoms with Crippen molar-refractivity contribution in [3.8, 4) is 11.3 Å². The smallest absolute Gasteiger partial charge is 0.100 e. The third-order valence-electron chi connectivity index (χ3n) is 2.82. The molecule has 0 radical (unpaired) electrons. The van der Waals surface area contributed by atoms with Crippen LogP contribution in [0.3, 0.4) is 0 Å². The Morgan fingerprint density at radius 2 is 2.18 bits per heavy atom. The van der Waals surface area contributed by atoms with Gasteiger partial charge < -0.3 is 5.73 Å². The lowest BCUT2D eigenvalue weighted by Gasteiger charge is -2.18. The van der Waals surface area contributed by atoms with Crippen LogP contribution in [0.15, 0.2) is 24.5 Å². The number of hydrogen-bond donors (Lipinski definition) is 1.